The second-order valence-electron chi connectivity index (χ2n) is 4.76. The van der Waals surface area contributed by atoms with E-state index in [0.717, 1.165) is 18.5 Å². The summed E-state index contributed by atoms with van der Waals surface area (Å²) in [4.78, 5) is 19.9. The Kier molecular flexibility index (Phi) is 3.18. The Bertz CT molecular complexity index is 669. The Morgan fingerprint density at radius 1 is 1.35 bits per heavy atom. The number of carbonyl (C=O) groups is 1. The van der Waals surface area contributed by atoms with Gasteiger partial charge < -0.3 is 4.74 Å². The van der Waals surface area contributed by atoms with Gasteiger partial charge in [-0.05, 0) is 31.0 Å². The van der Waals surface area contributed by atoms with Gasteiger partial charge in [-0.1, -0.05) is 0 Å². The Morgan fingerprint density at radius 2 is 2.15 bits per heavy atom. The molecular formula is C15H13FN2O2. The number of hydrogen-bond acceptors (Lipinski definition) is 4. The number of hydrogen-bond donors (Lipinski definition) is 0. The van der Waals surface area contributed by atoms with E-state index >= 15 is 0 Å². The van der Waals surface area contributed by atoms with Crippen LogP contribution in [0.25, 0.3) is 11.1 Å². The van der Waals surface area contributed by atoms with Crippen molar-refractivity contribution in [2.75, 3.05) is 7.11 Å². The summed E-state index contributed by atoms with van der Waals surface area (Å²) < 4.78 is 18.6. The molecule has 102 valence electrons. The molecule has 0 N–H and O–H groups in total. The van der Waals surface area contributed by atoms with E-state index < -0.39 is 11.9 Å². The van der Waals surface area contributed by atoms with Gasteiger partial charge in [-0.2, -0.15) is 4.39 Å². The quantitative estimate of drug-likeness (QED) is 0.636. The molecule has 1 aliphatic rings. The summed E-state index contributed by atoms with van der Waals surface area (Å²) in [6.45, 7) is 0. The van der Waals surface area contributed by atoms with Crippen molar-refractivity contribution in [3.05, 3.63) is 47.8 Å². The van der Waals surface area contributed by atoms with Crippen molar-refractivity contribution >= 4 is 5.97 Å². The molecule has 3 rings (SSSR count). The number of nitrogens with zero attached hydrogens (tertiary/aromatic N) is 2. The third-order valence-electron chi connectivity index (χ3n) is 3.38. The molecule has 2 aromatic heterocycles. The topological polar surface area (TPSA) is 52.1 Å². The van der Waals surface area contributed by atoms with Crippen molar-refractivity contribution in [1.82, 2.24) is 9.97 Å². The predicted molar refractivity (Wildman–Crippen MR) is 70.7 cm³/mol. The van der Waals surface area contributed by atoms with E-state index in [1.54, 1.807) is 18.2 Å². The van der Waals surface area contributed by atoms with Crippen molar-refractivity contribution < 1.29 is 13.9 Å². The third kappa shape index (κ3) is 2.27. The van der Waals surface area contributed by atoms with Gasteiger partial charge in [0.05, 0.1) is 12.7 Å². The molecule has 1 fully saturated rings. The van der Waals surface area contributed by atoms with Crippen LogP contribution < -0.4 is 0 Å². The monoisotopic (exact) mass is 272 g/mol. The zero-order valence-corrected chi connectivity index (χ0v) is 11.0. The van der Waals surface area contributed by atoms with Gasteiger partial charge in [0.15, 0.2) is 0 Å². The third-order valence-corrected chi connectivity index (χ3v) is 3.38. The van der Waals surface area contributed by atoms with Crippen molar-refractivity contribution in [1.29, 1.82) is 0 Å². The summed E-state index contributed by atoms with van der Waals surface area (Å²) in [7, 11) is 1.31. The van der Waals surface area contributed by atoms with Gasteiger partial charge in [0.2, 0.25) is 5.95 Å². The normalized spacial score (nSPS) is 14.1. The van der Waals surface area contributed by atoms with Crippen molar-refractivity contribution in [2.45, 2.75) is 18.8 Å². The number of esters is 1. The minimum Gasteiger partial charge on any atom is -0.465 e. The lowest BCUT2D eigenvalue weighted by Crippen LogP contribution is -2.06. The predicted octanol–water partition coefficient (Wildman–Crippen LogP) is 2.95. The van der Waals surface area contributed by atoms with Crippen LogP contribution in [0.2, 0.25) is 0 Å². The molecular weight excluding hydrogens is 259 g/mol. The molecule has 1 saturated carbocycles. The lowest BCUT2D eigenvalue weighted by atomic mass is 10.0. The smallest absolute Gasteiger partial charge is 0.338 e. The van der Waals surface area contributed by atoms with Crippen LogP contribution in [0.5, 0.6) is 0 Å². The number of ether oxygens (including phenoxy) is 1. The molecule has 0 aromatic carbocycles. The van der Waals surface area contributed by atoms with Gasteiger partial charge in [-0.25, -0.2) is 9.78 Å². The van der Waals surface area contributed by atoms with Gasteiger partial charge in [0.25, 0.3) is 0 Å². The maximum absolute atomic E-state index is 13.8. The molecule has 1 aliphatic carbocycles. The van der Waals surface area contributed by atoms with Crippen LogP contribution >= 0.6 is 0 Å². The second kappa shape index (κ2) is 5.00. The highest BCUT2D eigenvalue weighted by atomic mass is 19.1. The van der Waals surface area contributed by atoms with Crippen LogP contribution in [-0.2, 0) is 4.74 Å². The highest BCUT2D eigenvalue weighted by Gasteiger charge is 2.27. The molecule has 2 aromatic rings. The largest absolute Gasteiger partial charge is 0.465 e. The molecule has 5 heteroatoms. The molecule has 2 heterocycles. The number of carbonyl (C=O) groups excluding carboxylic acids is 1. The van der Waals surface area contributed by atoms with E-state index in [0.29, 0.717) is 17.0 Å². The van der Waals surface area contributed by atoms with Crippen LogP contribution in [-0.4, -0.2) is 23.0 Å². The highest BCUT2D eigenvalue weighted by molar-refractivity contribution is 5.97. The zero-order chi connectivity index (χ0) is 14.1. The maximum atomic E-state index is 13.8. The first-order chi connectivity index (χ1) is 9.70. The number of pyridine rings is 2. The first-order valence-corrected chi connectivity index (χ1v) is 6.40. The highest BCUT2D eigenvalue weighted by Crippen LogP contribution is 2.40. The number of halogens is 1. The van der Waals surface area contributed by atoms with Crippen molar-refractivity contribution in [3.63, 3.8) is 0 Å². The number of methoxy groups -OCH3 is 1. The Morgan fingerprint density at radius 3 is 2.80 bits per heavy atom. The fourth-order valence-corrected chi connectivity index (χ4v) is 2.15. The molecule has 0 spiro atoms. The van der Waals surface area contributed by atoms with Crippen LogP contribution in [0.4, 0.5) is 4.39 Å². The Balaban J connectivity index is 2.14. The second-order valence-corrected chi connectivity index (χ2v) is 4.76. The van der Waals surface area contributed by atoms with E-state index in [9.17, 15) is 9.18 Å². The van der Waals surface area contributed by atoms with Gasteiger partial charge in [-0.3, -0.25) is 4.98 Å². The average Bonchev–Trinajstić information content (AvgIpc) is 3.31. The molecule has 20 heavy (non-hydrogen) atoms. The van der Waals surface area contributed by atoms with Gasteiger partial charge in [0.1, 0.15) is 0 Å². The maximum Gasteiger partial charge on any atom is 0.338 e. The lowest BCUT2D eigenvalue weighted by molar-refractivity contribution is 0.0601. The first kappa shape index (κ1) is 12.7. The molecule has 0 bridgehead atoms. The standard InChI is InChI=1S/C15H13FN2O2/c1-20-15(19)11-7-13(9-4-5-9)18-8-12(11)10-3-2-6-17-14(10)16/h2-3,6-9H,4-5H2,1H3. The number of rotatable bonds is 3. The minimum absolute atomic E-state index is 0.253. The Hall–Kier alpha value is -2.30. The summed E-state index contributed by atoms with van der Waals surface area (Å²) in [5.41, 5.74) is 1.85. The van der Waals surface area contributed by atoms with Crippen molar-refractivity contribution in [2.24, 2.45) is 0 Å². The summed E-state index contributed by atoms with van der Waals surface area (Å²) in [6, 6.07) is 4.89. The SMILES string of the molecule is COC(=O)c1cc(C2CC2)ncc1-c1cccnc1F. The van der Waals surface area contributed by atoms with Gasteiger partial charge in [-0.15, -0.1) is 0 Å². The number of aromatic nitrogens is 2. The summed E-state index contributed by atoms with van der Waals surface area (Å²) in [5.74, 6) is -0.711. The molecule has 0 unspecified atom stereocenters. The van der Waals surface area contributed by atoms with Crippen LogP contribution in [0.15, 0.2) is 30.6 Å². The van der Waals surface area contributed by atoms with Gasteiger partial charge >= 0.3 is 5.97 Å². The molecule has 4 nitrogen and oxygen atoms in total. The molecule has 0 radical (unpaired) electrons. The zero-order valence-electron chi connectivity index (χ0n) is 11.0. The van der Waals surface area contributed by atoms with E-state index in [1.165, 1.54) is 19.5 Å². The first-order valence-electron chi connectivity index (χ1n) is 6.40. The van der Waals surface area contributed by atoms with E-state index in [-0.39, 0.29) is 5.56 Å². The van der Waals surface area contributed by atoms with Crippen molar-refractivity contribution in [3.8, 4) is 11.1 Å². The van der Waals surface area contributed by atoms with Gasteiger partial charge in [0, 0.05) is 35.1 Å². The molecule has 0 amide bonds. The fourth-order valence-electron chi connectivity index (χ4n) is 2.15. The van der Waals surface area contributed by atoms with Crippen LogP contribution in [0.1, 0.15) is 34.8 Å². The van der Waals surface area contributed by atoms with Crippen LogP contribution in [0.3, 0.4) is 0 Å². The van der Waals surface area contributed by atoms with E-state index in [2.05, 4.69) is 9.97 Å². The lowest BCUT2D eigenvalue weighted by Gasteiger charge is -2.10. The molecule has 0 saturated heterocycles. The van der Waals surface area contributed by atoms with E-state index in [1.807, 2.05) is 0 Å². The minimum atomic E-state index is -0.626. The fraction of sp³-hybridized carbons (Fsp3) is 0.267. The molecule has 0 atom stereocenters. The van der Waals surface area contributed by atoms with E-state index in [4.69, 9.17) is 4.74 Å². The summed E-state index contributed by atoms with van der Waals surface area (Å²) in [6.07, 6.45) is 5.05. The molecule has 0 aliphatic heterocycles. The average molecular weight is 272 g/mol. The summed E-state index contributed by atoms with van der Waals surface area (Å²) in [5, 5.41) is 0. The Labute approximate surface area is 115 Å². The van der Waals surface area contributed by atoms with Crippen LogP contribution in [0, 0.1) is 5.95 Å². The summed E-state index contributed by atoms with van der Waals surface area (Å²) >= 11 is 0.